The average Bonchev–Trinajstić information content (AvgIpc) is 2.62. The van der Waals surface area contributed by atoms with E-state index in [1.165, 1.54) is 30.3 Å². The van der Waals surface area contributed by atoms with Gasteiger partial charge in [0.15, 0.2) is 11.1 Å². The average molecular weight is 356 g/mol. The van der Waals surface area contributed by atoms with Gasteiger partial charge in [-0.25, -0.2) is 4.21 Å². The SMILES string of the molecule is O=S(O)c1ccccc1C(O)(c1ccc(O)cc1)c1ccc(O)cc1. The standard InChI is InChI=1S/C19H16O5S/c20-15-9-5-13(6-10-15)19(22,14-7-11-16(21)12-8-14)17-3-1-2-4-18(17)25(23)24/h1-12,20-22H,(H,23,24). The molecule has 0 aromatic heterocycles. The molecule has 0 aliphatic heterocycles. The molecule has 1 atom stereocenters. The van der Waals surface area contributed by atoms with Crippen molar-refractivity contribution in [3.05, 3.63) is 89.5 Å². The molecule has 0 saturated carbocycles. The number of hydrogen-bond acceptors (Lipinski definition) is 4. The van der Waals surface area contributed by atoms with Crippen molar-refractivity contribution < 1.29 is 24.1 Å². The molecular formula is C19H16O5S. The van der Waals surface area contributed by atoms with E-state index < -0.39 is 16.7 Å². The Labute approximate surface area is 147 Å². The number of aliphatic hydroxyl groups is 1. The largest absolute Gasteiger partial charge is 0.508 e. The van der Waals surface area contributed by atoms with Gasteiger partial charge in [-0.15, -0.1) is 0 Å². The summed E-state index contributed by atoms with van der Waals surface area (Å²) >= 11 is -2.30. The van der Waals surface area contributed by atoms with Crippen LogP contribution in [0.5, 0.6) is 11.5 Å². The van der Waals surface area contributed by atoms with Crippen molar-refractivity contribution >= 4 is 11.1 Å². The van der Waals surface area contributed by atoms with Crippen LogP contribution in [0.15, 0.2) is 77.7 Å². The zero-order valence-electron chi connectivity index (χ0n) is 13.0. The lowest BCUT2D eigenvalue weighted by molar-refractivity contribution is 0.122. The van der Waals surface area contributed by atoms with Crippen molar-refractivity contribution in [2.75, 3.05) is 0 Å². The molecule has 0 heterocycles. The summed E-state index contributed by atoms with van der Waals surface area (Å²) in [6.45, 7) is 0. The van der Waals surface area contributed by atoms with Gasteiger partial charge in [-0.2, -0.15) is 0 Å². The van der Waals surface area contributed by atoms with Crippen LogP contribution in [-0.2, 0) is 16.7 Å². The first kappa shape index (κ1) is 17.2. The van der Waals surface area contributed by atoms with Crippen molar-refractivity contribution in [1.82, 2.24) is 0 Å². The summed E-state index contributed by atoms with van der Waals surface area (Å²) in [5, 5.41) is 30.7. The van der Waals surface area contributed by atoms with Gasteiger partial charge < -0.3 is 19.9 Å². The Balaban J connectivity index is 2.32. The first-order valence-electron chi connectivity index (χ1n) is 7.44. The molecule has 3 rings (SSSR count). The van der Waals surface area contributed by atoms with Gasteiger partial charge in [-0.05, 0) is 41.5 Å². The molecule has 0 aliphatic carbocycles. The Bertz CT molecular complexity index is 858. The number of phenolic OH excluding ortho intramolecular Hbond substituents is 2. The van der Waals surface area contributed by atoms with Crippen LogP contribution in [0, 0.1) is 0 Å². The topological polar surface area (TPSA) is 98.0 Å². The maximum absolute atomic E-state index is 11.8. The highest BCUT2D eigenvalue weighted by Gasteiger charge is 2.36. The fourth-order valence-electron chi connectivity index (χ4n) is 2.80. The molecule has 6 heteroatoms. The smallest absolute Gasteiger partial charge is 0.186 e. The molecule has 0 bridgehead atoms. The van der Waals surface area contributed by atoms with E-state index in [-0.39, 0.29) is 22.0 Å². The van der Waals surface area contributed by atoms with E-state index in [0.717, 1.165) is 0 Å². The monoisotopic (exact) mass is 356 g/mol. The Morgan fingerprint density at radius 3 is 1.60 bits per heavy atom. The summed E-state index contributed by atoms with van der Waals surface area (Å²) in [7, 11) is 0. The van der Waals surface area contributed by atoms with Gasteiger partial charge in [-0.1, -0.05) is 42.5 Å². The van der Waals surface area contributed by atoms with Gasteiger partial charge in [0.25, 0.3) is 0 Å². The van der Waals surface area contributed by atoms with Crippen LogP contribution in [0.1, 0.15) is 16.7 Å². The molecule has 5 nitrogen and oxygen atoms in total. The molecule has 1 unspecified atom stereocenters. The minimum Gasteiger partial charge on any atom is -0.508 e. The first-order valence-corrected chi connectivity index (χ1v) is 8.55. The second-order valence-corrected chi connectivity index (χ2v) is 6.49. The molecule has 0 spiro atoms. The van der Waals surface area contributed by atoms with E-state index in [1.54, 1.807) is 42.5 Å². The Morgan fingerprint density at radius 2 is 1.16 bits per heavy atom. The lowest BCUT2D eigenvalue weighted by Gasteiger charge is -2.31. The summed E-state index contributed by atoms with van der Waals surface area (Å²) < 4.78 is 21.4. The first-order chi connectivity index (χ1) is 11.9. The molecular weight excluding hydrogens is 340 g/mol. The zero-order chi connectivity index (χ0) is 18.0. The maximum atomic E-state index is 11.8. The normalized spacial score (nSPS) is 12.7. The Kier molecular flexibility index (Phi) is 4.59. The van der Waals surface area contributed by atoms with Crippen molar-refractivity contribution in [2.24, 2.45) is 0 Å². The van der Waals surface area contributed by atoms with Gasteiger partial charge in [0.1, 0.15) is 17.1 Å². The number of hydrogen-bond donors (Lipinski definition) is 4. The molecule has 0 fully saturated rings. The van der Waals surface area contributed by atoms with E-state index in [1.807, 2.05) is 0 Å². The van der Waals surface area contributed by atoms with E-state index in [2.05, 4.69) is 0 Å². The third-order valence-electron chi connectivity index (χ3n) is 4.04. The summed E-state index contributed by atoms with van der Waals surface area (Å²) in [6.07, 6.45) is 0. The molecule has 4 N–H and O–H groups in total. The predicted octanol–water partition coefficient (Wildman–Crippen LogP) is 2.96. The van der Waals surface area contributed by atoms with Crippen LogP contribution in [-0.4, -0.2) is 24.1 Å². The predicted molar refractivity (Wildman–Crippen MR) is 93.8 cm³/mol. The molecule has 25 heavy (non-hydrogen) atoms. The van der Waals surface area contributed by atoms with Crippen molar-refractivity contribution in [3.8, 4) is 11.5 Å². The van der Waals surface area contributed by atoms with Crippen LogP contribution in [0.2, 0.25) is 0 Å². The molecule has 128 valence electrons. The van der Waals surface area contributed by atoms with Gasteiger partial charge >= 0.3 is 0 Å². The van der Waals surface area contributed by atoms with Crippen LogP contribution < -0.4 is 0 Å². The summed E-state index contributed by atoms with van der Waals surface area (Å²) in [5.41, 5.74) is -0.675. The second kappa shape index (κ2) is 6.68. The Hall–Kier alpha value is -2.67. The zero-order valence-corrected chi connectivity index (χ0v) is 13.9. The van der Waals surface area contributed by atoms with Crippen molar-refractivity contribution in [2.45, 2.75) is 10.5 Å². The lowest BCUT2D eigenvalue weighted by Crippen LogP contribution is -2.30. The Morgan fingerprint density at radius 1 is 0.720 bits per heavy atom. The van der Waals surface area contributed by atoms with E-state index in [4.69, 9.17) is 0 Å². The van der Waals surface area contributed by atoms with E-state index >= 15 is 0 Å². The number of phenols is 2. The molecule has 3 aromatic carbocycles. The number of rotatable bonds is 4. The number of aromatic hydroxyl groups is 2. The maximum Gasteiger partial charge on any atom is 0.186 e. The van der Waals surface area contributed by atoms with Crippen LogP contribution in [0.4, 0.5) is 0 Å². The van der Waals surface area contributed by atoms with E-state index in [9.17, 15) is 24.1 Å². The van der Waals surface area contributed by atoms with Crippen LogP contribution in [0.3, 0.4) is 0 Å². The third-order valence-corrected chi connectivity index (χ3v) is 4.77. The molecule has 0 radical (unpaired) electrons. The minimum absolute atomic E-state index is 0.0378. The van der Waals surface area contributed by atoms with Gasteiger partial charge in [0.05, 0.1) is 4.90 Å². The fourth-order valence-corrected chi connectivity index (χ4v) is 3.40. The third kappa shape index (κ3) is 3.15. The summed E-state index contributed by atoms with van der Waals surface area (Å²) in [5.74, 6) is 0.0756. The highest BCUT2D eigenvalue weighted by Crippen LogP contribution is 2.40. The summed E-state index contributed by atoms with van der Waals surface area (Å²) in [4.78, 5) is 0.0751. The summed E-state index contributed by atoms with van der Waals surface area (Å²) in [6, 6.07) is 18.2. The highest BCUT2D eigenvalue weighted by atomic mass is 32.2. The van der Waals surface area contributed by atoms with Gasteiger partial charge in [0, 0.05) is 5.56 Å². The van der Waals surface area contributed by atoms with E-state index in [0.29, 0.717) is 11.1 Å². The van der Waals surface area contributed by atoms with Gasteiger partial charge in [-0.3, -0.25) is 0 Å². The highest BCUT2D eigenvalue weighted by molar-refractivity contribution is 7.79. The molecule has 3 aromatic rings. The number of benzene rings is 3. The minimum atomic E-state index is -2.30. The van der Waals surface area contributed by atoms with Crippen LogP contribution >= 0.6 is 0 Å². The van der Waals surface area contributed by atoms with Crippen molar-refractivity contribution in [3.63, 3.8) is 0 Å². The van der Waals surface area contributed by atoms with Gasteiger partial charge in [0.2, 0.25) is 0 Å². The molecule has 0 aliphatic rings. The van der Waals surface area contributed by atoms with Crippen LogP contribution in [0.25, 0.3) is 0 Å². The molecule has 0 saturated heterocycles. The quantitative estimate of drug-likeness (QED) is 0.426. The lowest BCUT2D eigenvalue weighted by atomic mass is 9.80. The van der Waals surface area contributed by atoms with Crippen molar-refractivity contribution in [1.29, 1.82) is 0 Å². The molecule has 0 amide bonds. The second-order valence-electron chi connectivity index (χ2n) is 5.55. The fraction of sp³-hybridized carbons (Fsp3) is 0.0526.